The summed E-state index contributed by atoms with van der Waals surface area (Å²) in [5, 5.41) is 1.93. The molecule has 7 nitrogen and oxygen atoms in total. The molecule has 0 aliphatic carbocycles. The maximum atomic E-state index is 11.1. The highest BCUT2D eigenvalue weighted by molar-refractivity contribution is 6.20. The van der Waals surface area contributed by atoms with Gasteiger partial charge in [0.1, 0.15) is 5.56 Å². The minimum atomic E-state index is -0.742. The van der Waals surface area contributed by atoms with Crippen molar-refractivity contribution >= 4 is 17.8 Å². The molecule has 2 heterocycles. The Morgan fingerprint density at radius 2 is 1.85 bits per heavy atom. The first-order valence-electron chi connectivity index (χ1n) is 3.35. The molecule has 7 heteroatoms. The number of carbonyl (C=O) groups is 2. The average molecular weight is 180 g/mol. The molecule has 2 amide bonds. The summed E-state index contributed by atoms with van der Waals surface area (Å²) in [5.41, 5.74) is 3.98. The summed E-state index contributed by atoms with van der Waals surface area (Å²) >= 11 is 0. The molecule has 0 atom stereocenters. The molecule has 4 N–H and O–H groups in total. The van der Waals surface area contributed by atoms with E-state index in [1.807, 2.05) is 5.32 Å². The number of nitrogen functional groups attached to an aromatic ring is 1. The molecule has 0 saturated carbocycles. The van der Waals surface area contributed by atoms with Gasteiger partial charge in [0, 0.05) is 0 Å². The molecule has 0 fully saturated rings. The van der Waals surface area contributed by atoms with Crippen LogP contribution in [0, 0.1) is 0 Å². The monoisotopic (exact) mass is 180 g/mol. The fraction of sp³-hybridized carbons (Fsp3) is 0. The van der Waals surface area contributed by atoms with E-state index < -0.39 is 17.4 Å². The van der Waals surface area contributed by atoms with Crippen molar-refractivity contribution in [2.75, 3.05) is 5.73 Å². The van der Waals surface area contributed by atoms with Crippen LogP contribution in [-0.2, 0) is 0 Å². The molecule has 0 unspecified atom stereocenters. The van der Waals surface area contributed by atoms with Crippen molar-refractivity contribution in [1.29, 1.82) is 0 Å². The number of nitrogens with two attached hydrogens (primary N) is 1. The van der Waals surface area contributed by atoms with Crippen LogP contribution >= 0.6 is 0 Å². The number of carbonyl (C=O) groups excluding carboxylic acids is 2. The van der Waals surface area contributed by atoms with Crippen LogP contribution in [0.3, 0.4) is 0 Å². The Morgan fingerprint density at radius 1 is 1.15 bits per heavy atom. The van der Waals surface area contributed by atoms with Gasteiger partial charge in [-0.15, -0.1) is 0 Å². The third-order valence-corrected chi connectivity index (χ3v) is 1.61. The van der Waals surface area contributed by atoms with Crippen molar-refractivity contribution in [2.45, 2.75) is 0 Å². The largest absolute Gasteiger partial charge is 0.369 e. The maximum Gasteiger partial charge on any atom is 0.277 e. The van der Waals surface area contributed by atoms with Gasteiger partial charge < -0.3 is 5.73 Å². The van der Waals surface area contributed by atoms with Gasteiger partial charge in [-0.25, -0.2) is 4.98 Å². The second-order valence-electron chi connectivity index (χ2n) is 2.46. The summed E-state index contributed by atoms with van der Waals surface area (Å²) in [6, 6.07) is 0. The molecule has 1 aliphatic heterocycles. The number of hydrogen-bond donors (Lipinski definition) is 3. The minimum Gasteiger partial charge on any atom is -0.369 e. The lowest BCUT2D eigenvalue weighted by atomic mass is 10.2. The fourth-order valence-electron chi connectivity index (χ4n) is 1.09. The van der Waals surface area contributed by atoms with Crippen LogP contribution in [0.15, 0.2) is 4.79 Å². The number of hydrogen-bond acceptors (Lipinski definition) is 5. The lowest BCUT2D eigenvalue weighted by molar-refractivity contribution is 0.0878. The van der Waals surface area contributed by atoms with Crippen molar-refractivity contribution in [3.8, 4) is 0 Å². The van der Waals surface area contributed by atoms with Crippen LogP contribution in [0.4, 0.5) is 5.95 Å². The van der Waals surface area contributed by atoms with Gasteiger partial charge in [0.25, 0.3) is 17.4 Å². The summed E-state index contributed by atoms with van der Waals surface area (Å²) in [6.45, 7) is 0. The second kappa shape index (κ2) is 2.16. The molecular weight excluding hydrogens is 176 g/mol. The molecular formula is C6H4N4O3. The second-order valence-corrected chi connectivity index (χ2v) is 2.46. The zero-order valence-corrected chi connectivity index (χ0v) is 6.25. The van der Waals surface area contributed by atoms with E-state index in [9.17, 15) is 14.4 Å². The Bertz CT molecular complexity index is 475. The quantitative estimate of drug-likeness (QED) is 0.408. The number of nitrogens with zero attached hydrogens (tertiary/aromatic N) is 1. The normalized spacial score (nSPS) is 14.2. The Hall–Kier alpha value is -2.18. The Kier molecular flexibility index (Phi) is 1.24. The average Bonchev–Trinajstić information content (AvgIpc) is 2.27. The summed E-state index contributed by atoms with van der Waals surface area (Å²) in [4.78, 5) is 38.7. The number of rotatable bonds is 0. The number of anilines is 1. The number of fused-ring (bicyclic) bond motifs is 1. The summed E-state index contributed by atoms with van der Waals surface area (Å²) < 4.78 is 0. The van der Waals surface area contributed by atoms with E-state index in [4.69, 9.17) is 5.73 Å². The van der Waals surface area contributed by atoms with Gasteiger partial charge in [0.15, 0.2) is 5.69 Å². The number of nitrogens with one attached hydrogen (secondary N) is 2. The first kappa shape index (κ1) is 7.47. The highest BCUT2D eigenvalue weighted by atomic mass is 16.2. The molecule has 0 aromatic carbocycles. The van der Waals surface area contributed by atoms with Gasteiger partial charge in [-0.1, -0.05) is 0 Å². The van der Waals surface area contributed by atoms with Crippen molar-refractivity contribution in [2.24, 2.45) is 0 Å². The van der Waals surface area contributed by atoms with E-state index in [-0.39, 0.29) is 17.2 Å². The minimum absolute atomic E-state index is 0.186. The lowest BCUT2D eigenvalue weighted by Gasteiger charge is -1.93. The van der Waals surface area contributed by atoms with Crippen LogP contribution in [-0.4, -0.2) is 21.8 Å². The van der Waals surface area contributed by atoms with Crippen LogP contribution < -0.4 is 16.6 Å². The van der Waals surface area contributed by atoms with Gasteiger partial charge in [0.2, 0.25) is 5.95 Å². The van der Waals surface area contributed by atoms with E-state index in [1.54, 1.807) is 0 Å². The summed E-state index contributed by atoms with van der Waals surface area (Å²) in [7, 11) is 0. The van der Waals surface area contributed by atoms with Crippen LogP contribution in [0.5, 0.6) is 0 Å². The predicted molar refractivity (Wildman–Crippen MR) is 41.1 cm³/mol. The van der Waals surface area contributed by atoms with Crippen molar-refractivity contribution in [3.63, 3.8) is 0 Å². The molecule has 2 rings (SSSR count). The topological polar surface area (TPSA) is 118 Å². The molecule has 0 radical (unpaired) electrons. The van der Waals surface area contributed by atoms with Crippen molar-refractivity contribution in [3.05, 3.63) is 21.6 Å². The molecule has 0 saturated heterocycles. The highest BCUT2D eigenvalue weighted by Crippen LogP contribution is 2.07. The zero-order valence-electron chi connectivity index (χ0n) is 6.25. The van der Waals surface area contributed by atoms with E-state index in [0.717, 1.165) is 0 Å². The standard InChI is InChI=1S/C6H4N4O3/c7-6-8-2-1(4(12)10-6)3(11)9-5(2)13/h(H,9,11,13)(H3,7,8,10,12). The lowest BCUT2D eigenvalue weighted by Crippen LogP contribution is -2.23. The van der Waals surface area contributed by atoms with Gasteiger partial charge in [0.05, 0.1) is 0 Å². The Labute approximate surface area is 71.0 Å². The Balaban J connectivity index is 2.85. The molecule has 13 heavy (non-hydrogen) atoms. The fourth-order valence-corrected chi connectivity index (χ4v) is 1.09. The van der Waals surface area contributed by atoms with Crippen LogP contribution in [0.25, 0.3) is 0 Å². The third-order valence-electron chi connectivity index (χ3n) is 1.61. The highest BCUT2D eigenvalue weighted by Gasteiger charge is 2.31. The summed E-state index contributed by atoms with van der Waals surface area (Å²) in [6.07, 6.45) is 0. The molecule has 1 aromatic heterocycles. The van der Waals surface area contributed by atoms with E-state index in [2.05, 4.69) is 9.97 Å². The van der Waals surface area contributed by atoms with Gasteiger partial charge >= 0.3 is 0 Å². The van der Waals surface area contributed by atoms with Crippen molar-refractivity contribution in [1.82, 2.24) is 15.3 Å². The van der Waals surface area contributed by atoms with E-state index >= 15 is 0 Å². The number of aromatic nitrogens is 2. The van der Waals surface area contributed by atoms with Crippen LogP contribution in [0.2, 0.25) is 0 Å². The molecule has 0 bridgehead atoms. The van der Waals surface area contributed by atoms with Gasteiger partial charge in [-0.2, -0.15) is 0 Å². The number of amides is 2. The third kappa shape index (κ3) is 0.901. The van der Waals surface area contributed by atoms with Gasteiger partial charge in [-0.3, -0.25) is 24.7 Å². The molecule has 1 aromatic rings. The molecule has 1 aliphatic rings. The van der Waals surface area contributed by atoms with E-state index in [0.29, 0.717) is 0 Å². The predicted octanol–water partition coefficient (Wildman–Crippen LogP) is -1.76. The number of aromatic amines is 1. The summed E-state index contributed by atoms with van der Waals surface area (Å²) in [5.74, 6) is -1.62. The smallest absolute Gasteiger partial charge is 0.277 e. The maximum absolute atomic E-state index is 11.1. The SMILES string of the molecule is Nc1nc2c(c(=O)[nH]1)C(=O)NC2=O. The first-order valence-corrected chi connectivity index (χ1v) is 3.35. The van der Waals surface area contributed by atoms with Crippen molar-refractivity contribution < 1.29 is 9.59 Å². The Morgan fingerprint density at radius 3 is 2.54 bits per heavy atom. The molecule has 0 spiro atoms. The van der Waals surface area contributed by atoms with Gasteiger partial charge in [-0.05, 0) is 0 Å². The number of H-pyrrole nitrogens is 1. The molecule has 66 valence electrons. The van der Waals surface area contributed by atoms with Crippen LogP contribution in [0.1, 0.15) is 20.8 Å². The number of imide groups is 1. The zero-order chi connectivity index (χ0) is 9.59. The van der Waals surface area contributed by atoms with E-state index in [1.165, 1.54) is 0 Å². The first-order chi connectivity index (χ1) is 6.09.